The fourth-order valence-corrected chi connectivity index (χ4v) is 3.36. The van der Waals surface area contributed by atoms with Crippen molar-refractivity contribution in [1.82, 2.24) is 15.1 Å². The van der Waals surface area contributed by atoms with Gasteiger partial charge in [0.2, 0.25) is 5.91 Å². The van der Waals surface area contributed by atoms with Crippen molar-refractivity contribution in [3.8, 4) is 0 Å². The number of rotatable bonds is 3. The van der Waals surface area contributed by atoms with Crippen LogP contribution in [0.3, 0.4) is 0 Å². The molecule has 0 aromatic carbocycles. The van der Waals surface area contributed by atoms with E-state index in [2.05, 4.69) is 17.1 Å². The smallest absolute Gasteiger partial charge is 0.227 e. The summed E-state index contributed by atoms with van der Waals surface area (Å²) in [5.74, 6) is 0.650. The lowest BCUT2D eigenvalue weighted by atomic mass is 10.0. The molecule has 0 aliphatic carbocycles. The van der Waals surface area contributed by atoms with E-state index < -0.39 is 0 Å². The molecular weight excluding hydrogens is 258 g/mol. The van der Waals surface area contributed by atoms with Crippen LogP contribution in [0.2, 0.25) is 0 Å². The normalized spacial score (nSPS) is 19.0. The van der Waals surface area contributed by atoms with E-state index in [1.807, 2.05) is 28.6 Å². The second kappa shape index (κ2) is 5.17. The third-order valence-corrected chi connectivity index (χ3v) is 4.60. The first-order valence-electron chi connectivity index (χ1n) is 6.54. The Morgan fingerprint density at radius 3 is 3.21 bits per heavy atom. The number of aromatic amines is 1. The highest BCUT2D eigenvalue weighted by Crippen LogP contribution is 2.28. The molecule has 4 nitrogen and oxygen atoms in total. The maximum atomic E-state index is 12.2. The molecule has 1 N–H and O–H groups in total. The first-order chi connectivity index (χ1) is 9.24. The fraction of sp³-hybridized carbons (Fsp3) is 0.429. The molecule has 0 saturated carbocycles. The number of amides is 1. The fourth-order valence-electron chi connectivity index (χ4n) is 2.67. The molecule has 0 bridgehead atoms. The molecule has 1 amide bonds. The number of hydrogen-bond donors (Lipinski definition) is 1. The zero-order valence-corrected chi connectivity index (χ0v) is 11.7. The molecule has 2 aromatic heterocycles. The molecule has 3 heterocycles. The van der Waals surface area contributed by atoms with Crippen molar-refractivity contribution in [2.75, 3.05) is 13.1 Å². The SMILES string of the molecule is Cc1cn[nH]c1[C@@H]1CCN(C(=O)Cc2cccs2)C1. The van der Waals surface area contributed by atoms with Gasteiger partial charge in [-0.05, 0) is 30.4 Å². The number of hydrogen-bond acceptors (Lipinski definition) is 3. The lowest BCUT2D eigenvalue weighted by molar-refractivity contribution is -0.129. The number of thiophene rings is 1. The van der Waals surface area contributed by atoms with Crippen molar-refractivity contribution in [3.63, 3.8) is 0 Å². The van der Waals surface area contributed by atoms with E-state index in [9.17, 15) is 4.79 Å². The molecule has 1 aliphatic heterocycles. The molecule has 0 unspecified atom stereocenters. The molecule has 3 rings (SSSR count). The van der Waals surface area contributed by atoms with Crippen molar-refractivity contribution in [3.05, 3.63) is 39.8 Å². The molecule has 1 fully saturated rings. The summed E-state index contributed by atoms with van der Waals surface area (Å²) in [5, 5.41) is 9.15. The number of likely N-dealkylation sites (tertiary alicyclic amines) is 1. The van der Waals surface area contributed by atoms with E-state index >= 15 is 0 Å². The predicted octanol–water partition coefficient (Wildman–Crippen LogP) is 2.34. The van der Waals surface area contributed by atoms with Crippen molar-refractivity contribution < 1.29 is 4.79 Å². The maximum absolute atomic E-state index is 12.2. The van der Waals surface area contributed by atoms with Gasteiger partial charge < -0.3 is 4.90 Å². The van der Waals surface area contributed by atoms with E-state index in [0.29, 0.717) is 12.3 Å². The molecule has 1 saturated heterocycles. The van der Waals surface area contributed by atoms with Gasteiger partial charge in [0.05, 0.1) is 12.6 Å². The van der Waals surface area contributed by atoms with Gasteiger partial charge in [-0.1, -0.05) is 6.07 Å². The summed E-state index contributed by atoms with van der Waals surface area (Å²) in [4.78, 5) is 15.3. The highest BCUT2D eigenvalue weighted by Gasteiger charge is 2.29. The highest BCUT2D eigenvalue weighted by atomic mass is 32.1. The Kier molecular flexibility index (Phi) is 3.38. The molecule has 19 heavy (non-hydrogen) atoms. The topological polar surface area (TPSA) is 49.0 Å². The van der Waals surface area contributed by atoms with Crippen LogP contribution in [0.25, 0.3) is 0 Å². The van der Waals surface area contributed by atoms with E-state index in [1.54, 1.807) is 11.3 Å². The monoisotopic (exact) mass is 275 g/mol. The number of H-pyrrole nitrogens is 1. The number of nitrogens with zero attached hydrogens (tertiary/aromatic N) is 2. The summed E-state index contributed by atoms with van der Waals surface area (Å²) in [7, 11) is 0. The zero-order valence-electron chi connectivity index (χ0n) is 10.9. The number of carbonyl (C=O) groups excluding carboxylic acids is 1. The average molecular weight is 275 g/mol. The summed E-state index contributed by atoms with van der Waals surface area (Å²) in [6, 6.07) is 4.02. The first kappa shape index (κ1) is 12.4. The maximum Gasteiger partial charge on any atom is 0.227 e. The highest BCUT2D eigenvalue weighted by molar-refractivity contribution is 7.10. The summed E-state index contributed by atoms with van der Waals surface area (Å²) in [6.07, 6.45) is 3.41. The molecular formula is C14H17N3OS. The number of aromatic nitrogens is 2. The van der Waals surface area contributed by atoms with Crippen LogP contribution in [-0.2, 0) is 11.2 Å². The molecule has 0 spiro atoms. The van der Waals surface area contributed by atoms with Gasteiger partial charge in [0.1, 0.15) is 0 Å². The van der Waals surface area contributed by atoms with Gasteiger partial charge in [-0.2, -0.15) is 5.10 Å². The summed E-state index contributed by atoms with van der Waals surface area (Å²) in [5.41, 5.74) is 2.38. The van der Waals surface area contributed by atoms with Crippen LogP contribution in [-0.4, -0.2) is 34.1 Å². The Balaban J connectivity index is 1.63. The van der Waals surface area contributed by atoms with Crippen molar-refractivity contribution in [1.29, 1.82) is 0 Å². The van der Waals surface area contributed by atoms with Crippen LogP contribution in [0, 0.1) is 6.92 Å². The Morgan fingerprint density at radius 1 is 1.63 bits per heavy atom. The van der Waals surface area contributed by atoms with Crippen LogP contribution in [0.4, 0.5) is 0 Å². The standard InChI is InChI=1S/C14H17N3OS/c1-10-8-15-16-14(10)11-4-5-17(9-11)13(18)7-12-3-2-6-19-12/h2-3,6,8,11H,4-5,7,9H2,1H3,(H,15,16)/t11-/m1/s1. The third kappa shape index (κ3) is 2.56. The van der Waals surface area contributed by atoms with Gasteiger partial charge >= 0.3 is 0 Å². The Morgan fingerprint density at radius 2 is 2.53 bits per heavy atom. The van der Waals surface area contributed by atoms with Gasteiger partial charge in [0.15, 0.2) is 0 Å². The third-order valence-electron chi connectivity index (χ3n) is 3.72. The molecule has 2 aromatic rings. The summed E-state index contributed by atoms with van der Waals surface area (Å²) in [6.45, 7) is 3.73. The minimum atomic E-state index is 0.238. The Labute approximate surface area is 116 Å². The number of aryl methyl sites for hydroxylation is 1. The second-order valence-electron chi connectivity index (χ2n) is 5.05. The minimum absolute atomic E-state index is 0.238. The van der Waals surface area contributed by atoms with Gasteiger partial charge in [0.25, 0.3) is 0 Å². The quantitative estimate of drug-likeness (QED) is 0.934. The lowest BCUT2D eigenvalue weighted by Gasteiger charge is -2.16. The van der Waals surface area contributed by atoms with Crippen LogP contribution in [0.1, 0.15) is 28.5 Å². The Hall–Kier alpha value is -1.62. The molecule has 5 heteroatoms. The van der Waals surface area contributed by atoms with Gasteiger partial charge in [-0.25, -0.2) is 0 Å². The molecule has 0 radical (unpaired) electrons. The van der Waals surface area contributed by atoms with Crippen LogP contribution in [0.15, 0.2) is 23.7 Å². The van der Waals surface area contributed by atoms with Gasteiger partial charge in [0, 0.05) is 29.6 Å². The molecule has 1 atom stereocenters. The van der Waals surface area contributed by atoms with Crippen LogP contribution >= 0.6 is 11.3 Å². The predicted molar refractivity (Wildman–Crippen MR) is 75.3 cm³/mol. The molecule has 100 valence electrons. The van der Waals surface area contributed by atoms with Crippen molar-refractivity contribution >= 4 is 17.2 Å². The second-order valence-corrected chi connectivity index (χ2v) is 6.08. The molecule has 1 aliphatic rings. The Bertz CT molecular complexity index is 561. The van der Waals surface area contributed by atoms with E-state index in [0.717, 1.165) is 24.4 Å². The lowest BCUT2D eigenvalue weighted by Crippen LogP contribution is -2.29. The van der Waals surface area contributed by atoms with Crippen molar-refractivity contribution in [2.24, 2.45) is 0 Å². The number of carbonyl (C=O) groups is 1. The van der Waals surface area contributed by atoms with E-state index in [4.69, 9.17) is 0 Å². The number of nitrogens with one attached hydrogen (secondary N) is 1. The first-order valence-corrected chi connectivity index (χ1v) is 7.42. The van der Waals surface area contributed by atoms with Gasteiger partial charge in [-0.15, -0.1) is 11.3 Å². The zero-order chi connectivity index (χ0) is 13.2. The summed E-state index contributed by atoms with van der Waals surface area (Å²) >= 11 is 1.65. The minimum Gasteiger partial charge on any atom is -0.342 e. The van der Waals surface area contributed by atoms with E-state index in [1.165, 1.54) is 11.3 Å². The van der Waals surface area contributed by atoms with E-state index in [-0.39, 0.29) is 5.91 Å². The average Bonchev–Trinajstić information content (AvgIpc) is 3.08. The largest absolute Gasteiger partial charge is 0.342 e. The van der Waals surface area contributed by atoms with Gasteiger partial charge in [-0.3, -0.25) is 9.89 Å². The van der Waals surface area contributed by atoms with Crippen molar-refractivity contribution in [2.45, 2.75) is 25.7 Å². The van der Waals surface area contributed by atoms with Crippen LogP contribution in [0.5, 0.6) is 0 Å². The summed E-state index contributed by atoms with van der Waals surface area (Å²) < 4.78 is 0. The van der Waals surface area contributed by atoms with Crippen LogP contribution < -0.4 is 0 Å².